The molecule has 0 radical (unpaired) electrons. The average Bonchev–Trinajstić information content (AvgIpc) is 3.11. The summed E-state index contributed by atoms with van der Waals surface area (Å²) in [5.41, 5.74) is 1.32. The van der Waals surface area contributed by atoms with E-state index >= 15 is 0 Å². The molecule has 0 aromatic heterocycles. The van der Waals surface area contributed by atoms with Gasteiger partial charge in [0.05, 0.1) is 0 Å². The lowest BCUT2D eigenvalue weighted by Gasteiger charge is -2.18. The van der Waals surface area contributed by atoms with Crippen molar-refractivity contribution in [1.29, 1.82) is 0 Å². The van der Waals surface area contributed by atoms with Crippen LogP contribution < -0.4 is 5.32 Å². The number of hydrogen-bond donors (Lipinski definition) is 2. The van der Waals surface area contributed by atoms with Crippen molar-refractivity contribution in [3.63, 3.8) is 0 Å². The molecule has 2 heteroatoms. The second-order valence-corrected chi connectivity index (χ2v) is 4.77. The number of phenols is 1. The van der Waals surface area contributed by atoms with Gasteiger partial charge in [-0.1, -0.05) is 19.1 Å². The third kappa shape index (κ3) is 3.24. The van der Waals surface area contributed by atoms with E-state index in [1.165, 1.54) is 24.8 Å². The van der Waals surface area contributed by atoms with Crippen molar-refractivity contribution in [3.05, 3.63) is 29.8 Å². The van der Waals surface area contributed by atoms with Crippen LogP contribution in [0.3, 0.4) is 0 Å². The first-order chi connectivity index (χ1) is 7.79. The highest BCUT2D eigenvalue weighted by Gasteiger charge is 2.30. The topological polar surface area (TPSA) is 32.3 Å². The van der Waals surface area contributed by atoms with Crippen LogP contribution >= 0.6 is 0 Å². The van der Waals surface area contributed by atoms with Crippen molar-refractivity contribution in [2.75, 3.05) is 6.54 Å². The standard InChI is InChI=1S/C14H21NO/c1-2-9-15-14(12-5-6-12)10-11-3-7-13(16)8-4-11/h3-4,7-8,12,14-16H,2,5-6,9-10H2,1H3. The van der Waals surface area contributed by atoms with Gasteiger partial charge in [0.25, 0.3) is 0 Å². The van der Waals surface area contributed by atoms with Gasteiger partial charge in [-0.05, 0) is 55.8 Å². The summed E-state index contributed by atoms with van der Waals surface area (Å²) in [6, 6.07) is 8.24. The van der Waals surface area contributed by atoms with Crippen LogP contribution in [-0.4, -0.2) is 17.7 Å². The predicted octanol–water partition coefficient (Wildman–Crippen LogP) is 2.71. The van der Waals surface area contributed by atoms with Gasteiger partial charge in [-0.2, -0.15) is 0 Å². The fourth-order valence-corrected chi connectivity index (χ4v) is 2.12. The van der Waals surface area contributed by atoms with E-state index in [1.54, 1.807) is 12.1 Å². The first kappa shape index (κ1) is 11.5. The normalized spacial score (nSPS) is 17.3. The zero-order valence-corrected chi connectivity index (χ0v) is 9.95. The molecule has 0 bridgehead atoms. The van der Waals surface area contributed by atoms with Crippen molar-refractivity contribution < 1.29 is 5.11 Å². The monoisotopic (exact) mass is 219 g/mol. The smallest absolute Gasteiger partial charge is 0.115 e. The zero-order valence-electron chi connectivity index (χ0n) is 9.95. The molecule has 88 valence electrons. The van der Waals surface area contributed by atoms with Gasteiger partial charge in [0.2, 0.25) is 0 Å². The molecule has 1 unspecified atom stereocenters. The van der Waals surface area contributed by atoms with Gasteiger partial charge in [-0.15, -0.1) is 0 Å². The highest BCUT2D eigenvalue weighted by atomic mass is 16.3. The summed E-state index contributed by atoms with van der Waals surface area (Å²) in [6.45, 7) is 3.32. The van der Waals surface area contributed by atoms with Crippen molar-refractivity contribution in [1.82, 2.24) is 5.32 Å². The van der Waals surface area contributed by atoms with Crippen molar-refractivity contribution in [2.24, 2.45) is 5.92 Å². The maximum atomic E-state index is 9.24. The lowest BCUT2D eigenvalue weighted by molar-refractivity contribution is 0.458. The summed E-state index contributed by atoms with van der Waals surface area (Å²) in [5, 5.41) is 12.9. The number of rotatable bonds is 6. The fraction of sp³-hybridized carbons (Fsp3) is 0.571. The summed E-state index contributed by atoms with van der Waals surface area (Å²) < 4.78 is 0. The molecule has 1 atom stereocenters. The largest absolute Gasteiger partial charge is 0.508 e. The molecule has 1 aliphatic rings. The molecule has 2 rings (SSSR count). The van der Waals surface area contributed by atoms with Crippen molar-refractivity contribution >= 4 is 0 Å². The third-order valence-corrected chi connectivity index (χ3v) is 3.24. The van der Waals surface area contributed by atoms with E-state index in [-0.39, 0.29) is 0 Å². The molecule has 2 nitrogen and oxygen atoms in total. The summed E-state index contributed by atoms with van der Waals surface area (Å²) in [5.74, 6) is 1.23. The highest BCUT2D eigenvalue weighted by molar-refractivity contribution is 5.26. The molecule has 16 heavy (non-hydrogen) atoms. The van der Waals surface area contributed by atoms with Gasteiger partial charge >= 0.3 is 0 Å². The van der Waals surface area contributed by atoms with E-state index in [0.29, 0.717) is 11.8 Å². The van der Waals surface area contributed by atoms with Crippen LogP contribution in [0.5, 0.6) is 5.75 Å². The molecule has 0 saturated heterocycles. The Kier molecular flexibility index (Phi) is 3.83. The van der Waals surface area contributed by atoms with Crippen LogP contribution in [0.25, 0.3) is 0 Å². The minimum Gasteiger partial charge on any atom is -0.508 e. The summed E-state index contributed by atoms with van der Waals surface area (Å²) in [6.07, 6.45) is 5.03. The number of hydrogen-bond acceptors (Lipinski definition) is 2. The predicted molar refractivity (Wildman–Crippen MR) is 66.6 cm³/mol. The third-order valence-electron chi connectivity index (χ3n) is 3.24. The Bertz CT molecular complexity index is 316. The second-order valence-electron chi connectivity index (χ2n) is 4.77. The quantitative estimate of drug-likeness (QED) is 0.771. The minimum atomic E-state index is 0.355. The number of nitrogens with one attached hydrogen (secondary N) is 1. The molecule has 1 aromatic carbocycles. The Morgan fingerprint density at radius 2 is 2.00 bits per heavy atom. The van der Waals surface area contributed by atoms with E-state index in [4.69, 9.17) is 0 Å². The first-order valence-corrected chi connectivity index (χ1v) is 6.31. The Morgan fingerprint density at radius 3 is 2.56 bits per heavy atom. The molecular weight excluding hydrogens is 198 g/mol. The SMILES string of the molecule is CCCNC(Cc1ccc(O)cc1)C1CC1. The number of aromatic hydroxyl groups is 1. The second kappa shape index (κ2) is 5.35. The Labute approximate surface area is 97.7 Å². The average molecular weight is 219 g/mol. The van der Waals surface area contributed by atoms with Crippen LogP contribution in [0.4, 0.5) is 0 Å². The summed E-state index contributed by atoms with van der Waals surface area (Å²) in [7, 11) is 0. The Hall–Kier alpha value is -1.02. The van der Waals surface area contributed by atoms with Crippen LogP contribution in [0.2, 0.25) is 0 Å². The molecule has 0 amide bonds. The highest BCUT2D eigenvalue weighted by Crippen LogP contribution is 2.34. The van der Waals surface area contributed by atoms with Gasteiger partial charge in [-0.3, -0.25) is 0 Å². The molecule has 0 aliphatic heterocycles. The molecule has 0 heterocycles. The van der Waals surface area contributed by atoms with Crippen LogP contribution in [0.15, 0.2) is 24.3 Å². The maximum absolute atomic E-state index is 9.24. The number of benzene rings is 1. The zero-order chi connectivity index (χ0) is 11.4. The molecule has 0 spiro atoms. The molecule has 1 aliphatic carbocycles. The van der Waals surface area contributed by atoms with E-state index in [2.05, 4.69) is 12.2 Å². The van der Waals surface area contributed by atoms with Gasteiger partial charge in [-0.25, -0.2) is 0 Å². The van der Waals surface area contributed by atoms with Crippen molar-refractivity contribution in [3.8, 4) is 5.75 Å². The first-order valence-electron chi connectivity index (χ1n) is 6.31. The summed E-state index contributed by atoms with van der Waals surface area (Å²) >= 11 is 0. The maximum Gasteiger partial charge on any atom is 0.115 e. The number of phenolic OH excluding ortho intramolecular Hbond substituents is 1. The molecular formula is C14H21NO. The van der Waals surface area contributed by atoms with E-state index in [0.717, 1.165) is 18.9 Å². The lowest BCUT2D eigenvalue weighted by Crippen LogP contribution is -2.33. The van der Waals surface area contributed by atoms with E-state index in [9.17, 15) is 5.11 Å². The minimum absolute atomic E-state index is 0.355. The van der Waals surface area contributed by atoms with Crippen LogP contribution in [0, 0.1) is 5.92 Å². The van der Waals surface area contributed by atoms with Gasteiger partial charge in [0, 0.05) is 6.04 Å². The van der Waals surface area contributed by atoms with Gasteiger partial charge in [0.15, 0.2) is 0 Å². The molecule has 1 saturated carbocycles. The van der Waals surface area contributed by atoms with Gasteiger partial charge < -0.3 is 10.4 Å². The molecule has 1 fully saturated rings. The van der Waals surface area contributed by atoms with E-state index in [1.807, 2.05) is 12.1 Å². The summed E-state index contributed by atoms with van der Waals surface area (Å²) in [4.78, 5) is 0. The Balaban J connectivity index is 1.91. The van der Waals surface area contributed by atoms with Crippen molar-refractivity contribution in [2.45, 2.75) is 38.6 Å². The molecule has 2 N–H and O–H groups in total. The van der Waals surface area contributed by atoms with Crippen LogP contribution in [-0.2, 0) is 6.42 Å². The van der Waals surface area contributed by atoms with Crippen LogP contribution in [0.1, 0.15) is 31.7 Å². The van der Waals surface area contributed by atoms with E-state index < -0.39 is 0 Å². The fourth-order valence-electron chi connectivity index (χ4n) is 2.12. The Morgan fingerprint density at radius 1 is 1.31 bits per heavy atom. The lowest BCUT2D eigenvalue weighted by atomic mass is 10.0. The van der Waals surface area contributed by atoms with Gasteiger partial charge in [0.1, 0.15) is 5.75 Å². The molecule has 1 aromatic rings.